The predicted octanol–water partition coefficient (Wildman–Crippen LogP) is 8.67. The molecule has 1 fully saturated rings. The maximum Gasteiger partial charge on any atom is 0.246 e. The number of carbonyl (C=O) groups is 4. The fourth-order valence-electron chi connectivity index (χ4n) is 9.50. The number of aliphatic hydroxyl groups is 1. The second-order valence-corrected chi connectivity index (χ2v) is 23.2. The third kappa shape index (κ3) is 13.7. The van der Waals surface area contributed by atoms with Crippen LogP contribution in [0.5, 0.6) is 5.75 Å². The van der Waals surface area contributed by atoms with Gasteiger partial charge in [-0.05, 0) is 93.5 Å². The number of β-amino-alcohol motifs (C(OH)–C–C–N with tert-alkyl or cyclic N) is 1. The number of aliphatic hydroxyl groups excluding tert-OH is 1. The van der Waals surface area contributed by atoms with Gasteiger partial charge in [-0.25, -0.2) is 4.98 Å². The number of rotatable bonds is 21. The summed E-state index contributed by atoms with van der Waals surface area (Å²) in [7, 11) is 0. The number of aromatic nitrogens is 4. The van der Waals surface area contributed by atoms with Crippen LogP contribution in [0.25, 0.3) is 15.4 Å². The molecule has 20 heteroatoms. The number of carbonyl (C=O) groups excluding carboxylic acids is 4. The van der Waals surface area contributed by atoms with Crippen LogP contribution in [0.15, 0.2) is 83.3 Å². The number of hydrogen-bond donors (Lipinski definition) is 4. The molecule has 0 aliphatic carbocycles. The number of benzene rings is 3. The minimum atomic E-state index is -0.982. The number of thiophene rings is 1. The van der Waals surface area contributed by atoms with E-state index < -0.39 is 41.5 Å². The molecule has 0 spiro atoms. The molecule has 3 aromatic heterocycles. The number of nitrogens with zero attached hydrogens (tertiary/aromatic N) is 6. The summed E-state index contributed by atoms with van der Waals surface area (Å²) in [4.78, 5) is 67.8. The van der Waals surface area contributed by atoms with E-state index in [0.29, 0.717) is 36.2 Å². The van der Waals surface area contributed by atoms with Gasteiger partial charge in [0.05, 0.1) is 66.2 Å². The van der Waals surface area contributed by atoms with Gasteiger partial charge in [0, 0.05) is 47.0 Å². The highest BCUT2D eigenvalue weighted by Crippen LogP contribution is 2.40. The Morgan fingerprint density at radius 3 is 2.16 bits per heavy atom. The number of hydrogen-bond acceptors (Lipinski definition) is 14. The van der Waals surface area contributed by atoms with Crippen LogP contribution in [-0.4, -0.2) is 117 Å². The van der Waals surface area contributed by atoms with Gasteiger partial charge < -0.3 is 40.2 Å². The number of fused-ring (bicyclic) bond motifs is 3. The number of halogens is 1. The second kappa shape index (κ2) is 25.0. The van der Waals surface area contributed by atoms with E-state index in [1.165, 1.54) is 9.78 Å². The minimum Gasteiger partial charge on any atom is -0.494 e. The van der Waals surface area contributed by atoms with Crippen LogP contribution >= 0.6 is 34.3 Å². The summed E-state index contributed by atoms with van der Waals surface area (Å²) >= 11 is 9.50. The lowest BCUT2D eigenvalue weighted by molar-refractivity contribution is -0.144. The highest BCUT2D eigenvalue weighted by Gasteiger charge is 2.45. The quantitative estimate of drug-likeness (QED) is 0.0501. The van der Waals surface area contributed by atoms with Crippen molar-refractivity contribution in [3.8, 4) is 21.2 Å². The zero-order chi connectivity index (χ0) is 55.1. The van der Waals surface area contributed by atoms with E-state index in [-0.39, 0.29) is 63.1 Å². The van der Waals surface area contributed by atoms with Gasteiger partial charge in [-0.1, -0.05) is 80.9 Å². The number of amides is 4. The zero-order valence-corrected chi connectivity index (χ0v) is 47.4. The van der Waals surface area contributed by atoms with Crippen molar-refractivity contribution in [2.75, 3.05) is 39.6 Å². The minimum absolute atomic E-state index is 0.0285. The van der Waals surface area contributed by atoms with Crippen molar-refractivity contribution in [3.63, 3.8) is 0 Å². The Labute approximate surface area is 462 Å². The average molecular weight is 1110 g/mol. The lowest BCUT2D eigenvalue weighted by Crippen LogP contribution is -2.58. The van der Waals surface area contributed by atoms with Crippen LogP contribution in [0.2, 0.25) is 5.02 Å². The van der Waals surface area contributed by atoms with Crippen LogP contribution in [0.4, 0.5) is 0 Å². The Bertz CT molecular complexity index is 3080. The second-order valence-electron chi connectivity index (χ2n) is 20.7. The van der Waals surface area contributed by atoms with Gasteiger partial charge in [-0.15, -0.1) is 32.9 Å². The molecule has 408 valence electrons. The standard InChI is InChI=1S/C57H68ClN9O8S2/c1-32-36(5)77-56-49(32)50(40-15-19-42(58)20-16-40)62-45(53-65-64-37(6)67(53)56)28-47(69)60-33(2)39-17-21-44(22-18-39)75-24-10-23-73-25-26-74-30-48(70)63-52(57(7,8)9)55(72)66-29-43(68)27-46(66)54(71)61-34(3)38-11-13-41(14-12-38)51-35(4)59-31-76-51/h11-22,31,33-34,43,45-46,52,68H,10,23-30H2,1-9H3,(H,60,69)(H,61,71)(H,63,70)/t33-,34+,43-,45+,46+,52?/m1/s1. The van der Waals surface area contributed by atoms with E-state index in [9.17, 15) is 24.3 Å². The fourth-order valence-corrected chi connectivity index (χ4v) is 11.7. The van der Waals surface area contributed by atoms with Crippen LogP contribution in [-0.2, 0) is 28.7 Å². The molecule has 5 heterocycles. The van der Waals surface area contributed by atoms with Crippen molar-refractivity contribution < 1.29 is 38.5 Å². The van der Waals surface area contributed by atoms with Crippen LogP contribution in [0, 0.1) is 33.1 Å². The summed E-state index contributed by atoms with van der Waals surface area (Å²) in [6.45, 7) is 18.3. The summed E-state index contributed by atoms with van der Waals surface area (Å²) in [5.41, 5.74) is 8.72. The predicted molar refractivity (Wildman–Crippen MR) is 299 cm³/mol. The van der Waals surface area contributed by atoms with Gasteiger partial charge in [0.25, 0.3) is 0 Å². The van der Waals surface area contributed by atoms with Crippen LogP contribution in [0.3, 0.4) is 0 Å². The molecule has 3 aromatic carbocycles. The Balaban J connectivity index is 0.739. The first-order chi connectivity index (χ1) is 36.8. The number of thiazole rings is 1. The Morgan fingerprint density at radius 1 is 0.818 bits per heavy atom. The van der Waals surface area contributed by atoms with Crippen molar-refractivity contribution in [1.82, 2.24) is 40.6 Å². The molecule has 6 aromatic rings. The Kier molecular flexibility index (Phi) is 18.4. The topological polar surface area (TPSA) is 211 Å². The molecule has 2 aliphatic heterocycles. The highest BCUT2D eigenvalue weighted by molar-refractivity contribution is 7.15. The molecule has 77 heavy (non-hydrogen) atoms. The first kappa shape index (κ1) is 56.8. The molecule has 1 saturated heterocycles. The number of likely N-dealkylation sites (tertiary alicyclic amines) is 1. The summed E-state index contributed by atoms with van der Waals surface area (Å²) < 4.78 is 19.3. The fraction of sp³-hybridized carbons (Fsp3) is 0.439. The summed E-state index contributed by atoms with van der Waals surface area (Å²) in [6, 6.07) is 20.0. The first-order valence-electron chi connectivity index (χ1n) is 25.9. The molecule has 2 aliphatic rings. The highest BCUT2D eigenvalue weighted by atomic mass is 35.5. The zero-order valence-electron chi connectivity index (χ0n) is 45.0. The van der Waals surface area contributed by atoms with Crippen molar-refractivity contribution >= 4 is 63.6 Å². The number of ether oxygens (including phenoxy) is 3. The molecular weight excluding hydrogens is 1040 g/mol. The van der Waals surface area contributed by atoms with Crippen molar-refractivity contribution in [3.05, 3.63) is 133 Å². The van der Waals surface area contributed by atoms with Gasteiger partial charge >= 0.3 is 0 Å². The smallest absolute Gasteiger partial charge is 0.246 e. The monoisotopic (exact) mass is 1110 g/mol. The molecule has 4 amide bonds. The normalized spacial score (nSPS) is 17.4. The summed E-state index contributed by atoms with van der Waals surface area (Å²) in [5, 5.41) is 30.2. The van der Waals surface area contributed by atoms with Crippen molar-refractivity contribution in [2.45, 2.75) is 118 Å². The lowest BCUT2D eigenvalue weighted by atomic mass is 9.85. The van der Waals surface area contributed by atoms with Crippen molar-refractivity contribution in [2.24, 2.45) is 10.4 Å². The molecule has 0 saturated carbocycles. The third-order valence-corrected chi connectivity index (χ3v) is 16.3. The van der Waals surface area contributed by atoms with E-state index in [1.807, 2.05) is 131 Å². The molecule has 4 N–H and O–H groups in total. The largest absolute Gasteiger partial charge is 0.494 e. The number of aryl methyl sites for hydroxylation is 3. The Morgan fingerprint density at radius 2 is 1.48 bits per heavy atom. The summed E-state index contributed by atoms with van der Waals surface area (Å²) in [5.74, 6) is 0.530. The molecule has 17 nitrogen and oxygen atoms in total. The van der Waals surface area contributed by atoms with Gasteiger partial charge in [-0.3, -0.25) is 28.7 Å². The van der Waals surface area contributed by atoms with E-state index in [2.05, 4.69) is 45.0 Å². The molecule has 0 radical (unpaired) electrons. The number of nitrogens with one attached hydrogen (secondary N) is 3. The maximum atomic E-state index is 14.1. The van der Waals surface area contributed by atoms with E-state index in [0.717, 1.165) is 60.5 Å². The molecule has 0 bridgehead atoms. The van der Waals surface area contributed by atoms with E-state index in [1.54, 1.807) is 22.7 Å². The Hall–Kier alpha value is -6.35. The lowest BCUT2D eigenvalue weighted by Gasteiger charge is -2.35. The molecule has 6 atom stereocenters. The van der Waals surface area contributed by atoms with Gasteiger partial charge in [0.15, 0.2) is 5.82 Å². The van der Waals surface area contributed by atoms with E-state index in [4.69, 9.17) is 30.8 Å². The van der Waals surface area contributed by atoms with Crippen LogP contribution < -0.4 is 20.7 Å². The SMILES string of the molecule is Cc1ncsc1-c1ccc([C@H](C)NC(=O)[C@@H]2C[C@@H](O)CN2C(=O)C(NC(=O)COCCOCCCOc2ccc([C@@H](C)NC(=O)C[C@@H]3N=C(c4ccc(Cl)cc4)c4c(sc(C)c4C)-n4c(C)nnc43)cc2)C(C)(C)C)cc1. The summed E-state index contributed by atoms with van der Waals surface area (Å²) in [6.07, 6.45) is -0.126. The molecule has 8 rings (SSSR count). The van der Waals surface area contributed by atoms with Gasteiger partial charge in [0.2, 0.25) is 23.6 Å². The molecule has 1 unspecified atom stereocenters. The first-order valence-corrected chi connectivity index (χ1v) is 28.0. The van der Waals surface area contributed by atoms with E-state index >= 15 is 0 Å². The third-order valence-electron chi connectivity index (χ3n) is 13.9. The number of aliphatic imine (C=N–C) groups is 1. The molecular formula is C57H68ClN9O8S2. The van der Waals surface area contributed by atoms with Gasteiger partial charge in [-0.2, -0.15) is 0 Å². The van der Waals surface area contributed by atoms with Crippen LogP contribution in [0.1, 0.15) is 122 Å². The maximum absolute atomic E-state index is 14.1. The van der Waals surface area contributed by atoms with Gasteiger partial charge in [0.1, 0.15) is 41.3 Å². The average Bonchev–Trinajstić information content (AvgIpc) is 4.21. The van der Waals surface area contributed by atoms with Crippen molar-refractivity contribution in [1.29, 1.82) is 0 Å².